The number of carboxylic acid groups (broad SMARTS) is 1. The van der Waals surface area contributed by atoms with Crippen molar-refractivity contribution < 1.29 is 23.8 Å². The van der Waals surface area contributed by atoms with E-state index < -0.39 is 5.97 Å². The molecule has 0 bridgehead atoms. The van der Waals surface area contributed by atoms with Crippen LogP contribution < -0.4 is 15.6 Å². The summed E-state index contributed by atoms with van der Waals surface area (Å²) in [6.07, 6.45) is 1.36. The fraction of sp³-hybridized carbons (Fsp3) is 0.290. The molecule has 0 unspecified atom stereocenters. The van der Waals surface area contributed by atoms with Crippen LogP contribution in [0.5, 0.6) is 0 Å². The molecule has 1 saturated heterocycles. The zero-order valence-corrected chi connectivity index (χ0v) is 23.4. The van der Waals surface area contributed by atoms with E-state index in [2.05, 4.69) is 15.2 Å². The predicted molar refractivity (Wildman–Crippen MR) is 157 cm³/mol. The third-order valence-electron chi connectivity index (χ3n) is 7.43. The summed E-state index contributed by atoms with van der Waals surface area (Å²) < 4.78 is 11.3. The summed E-state index contributed by atoms with van der Waals surface area (Å²) >= 11 is 0. The predicted octanol–water partition coefficient (Wildman–Crippen LogP) is 5.23. The minimum Gasteiger partial charge on any atom is -0.478 e. The van der Waals surface area contributed by atoms with Crippen molar-refractivity contribution in [3.8, 4) is 11.3 Å². The van der Waals surface area contributed by atoms with E-state index in [0.717, 1.165) is 16.9 Å². The molecule has 10 nitrogen and oxygen atoms in total. The van der Waals surface area contributed by atoms with Gasteiger partial charge in [0.2, 0.25) is 0 Å². The summed E-state index contributed by atoms with van der Waals surface area (Å²) in [7, 11) is 1.38. The molecule has 0 aliphatic carbocycles. The van der Waals surface area contributed by atoms with Gasteiger partial charge in [-0.15, -0.1) is 0 Å². The van der Waals surface area contributed by atoms with Crippen molar-refractivity contribution in [3.05, 3.63) is 87.2 Å². The Bertz CT molecular complexity index is 1670. The molecule has 2 N–H and O–H groups in total. The summed E-state index contributed by atoms with van der Waals surface area (Å²) in [5, 5.41) is 13.4. The van der Waals surface area contributed by atoms with Crippen molar-refractivity contribution in [3.63, 3.8) is 0 Å². The van der Waals surface area contributed by atoms with Crippen LogP contribution in [0.3, 0.4) is 0 Å². The molecule has 1 fully saturated rings. The highest BCUT2D eigenvalue weighted by atomic mass is 16.5. The maximum Gasteiger partial charge on any atom is 0.409 e. The average molecular weight is 557 g/mol. The molecule has 0 radical (unpaired) electrons. The Morgan fingerprint density at radius 2 is 1.80 bits per heavy atom. The average Bonchev–Trinajstić information content (AvgIpc) is 2.98. The normalized spacial score (nSPS) is 14.1. The molecule has 0 saturated carbocycles. The fourth-order valence-corrected chi connectivity index (χ4v) is 5.23. The van der Waals surface area contributed by atoms with Crippen LogP contribution in [0, 0.1) is 13.8 Å². The lowest BCUT2D eigenvalue weighted by molar-refractivity contribution is 0.0697. The lowest BCUT2D eigenvalue weighted by atomic mass is 9.98. The molecular weight excluding hydrogens is 524 g/mol. The summed E-state index contributed by atoms with van der Waals surface area (Å²) in [4.78, 5) is 45.5. The van der Waals surface area contributed by atoms with Crippen LogP contribution in [-0.4, -0.2) is 60.3 Å². The molecule has 10 heteroatoms. The van der Waals surface area contributed by atoms with Crippen molar-refractivity contribution in [1.29, 1.82) is 0 Å². The van der Waals surface area contributed by atoms with Crippen LogP contribution in [-0.2, 0) is 4.74 Å². The van der Waals surface area contributed by atoms with Gasteiger partial charge in [0.15, 0.2) is 5.43 Å². The summed E-state index contributed by atoms with van der Waals surface area (Å²) in [6, 6.07) is 13.9. The van der Waals surface area contributed by atoms with Crippen LogP contribution in [0.1, 0.15) is 40.0 Å². The van der Waals surface area contributed by atoms with Gasteiger partial charge in [0.1, 0.15) is 17.2 Å². The number of pyridine rings is 1. The monoisotopic (exact) mass is 556 g/mol. The highest BCUT2D eigenvalue weighted by molar-refractivity contribution is 5.94. The number of carboxylic acids is 1. The number of nitrogens with zero attached hydrogens (tertiary/aromatic N) is 3. The minimum atomic E-state index is -1.03. The number of piperazine rings is 1. The summed E-state index contributed by atoms with van der Waals surface area (Å²) in [5.74, 6) is 0.172. The number of nitrogens with one attached hydrogen (secondary N) is 1. The summed E-state index contributed by atoms with van der Waals surface area (Å²) in [5.41, 5.74) is 3.73. The molecule has 4 aromatic rings. The molecular formula is C31H32N4O6. The van der Waals surface area contributed by atoms with Crippen LogP contribution in [0.2, 0.25) is 0 Å². The van der Waals surface area contributed by atoms with E-state index in [1.54, 1.807) is 42.3 Å². The van der Waals surface area contributed by atoms with Gasteiger partial charge in [-0.2, -0.15) is 0 Å². The Hall–Kier alpha value is -4.86. The van der Waals surface area contributed by atoms with Crippen molar-refractivity contribution >= 4 is 34.5 Å². The number of ether oxygens (including phenoxy) is 1. The van der Waals surface area contributed by atoms with Gasteiger partial charge in [0.05, 0.1) is 24.1 Å². The van der Waals surface area contributed by atoms with Crippen molar-refractivity contribution in [2.24, 2.45) is 0 Å². The molecule has 1 aliphatic heterocycles. The quantitative estimate of drug-likeness (QED) is 0.328. The molecule has 5 rings (SSSR count). The second kappa shape index (κ2) is 11.3. The zero-order chi connectivity index (χ0) is 29.3. The molecule has 212 valence electrons. The molecule has 3 heterocycles. The second-order valence-corrected chi connectivity index (χ2v) is 10.2. The molecule has 1 atom stereocenters. The Morgan fingerprint density at radius 3 is 2.46 bits per heavy atom. The topological polar surface area (TPSA) is 125 Å². The number of fused-ring (bicyclic) bond motifs is 1. The third-order valence-corrected chi connectivity index (χ3v) is 7.43. The number of carbonyl (C=O) groups excluding carboxylic acids is 1. The number of methoxy groups -OCH3 is 1. The minimum absolute atomic E-state index is 0.132. The Labute approximate surface area is 237 Å². The lowest BCUT2D eigenvalue weighted by Gasteiger charge is -2.34. The van der Waals surface area contributed by atoms with Crippen molar-refractivity contribution in [2.45, 2.75) is 26.8 Å². The largest absolute Gasteiger partial charge is 0.478 e. The van der Waals surface area contributed by atoms with Gasteiger partial charge in [-0.25, -0.2) is 14.6 Å². The number of aryl methyl sites for hydroxylation is 1. The first-order valence-electron chi connectivity index (χ1n) is 13.4. The fourth-order valence-electron chi connectivity index (χ4n) is 5.23. The number of aromatic nitrogens is 1. The van der Waals surface area contributed by atoms with E-state index in [9.17, 15) is 19.5 Å². The van der Waals surface area contributed by atoms with Gasteiger partial charge >= 0.3 is 12.1 Å². The number of anilines is 2. The molecule has 1 aliphatic rings. The summed E-state index contributed by atoms with van der Waals surface area (Å²) in [6.45, 7) is 7.90. The van der Waals surface area contributed by atoms with E-state index in [0.29, 0.717) is 59.7 Å². The Kier molecular flexibility index (Phi) is 7.65. The molecule has 1 amide bonds. The SMILES string of the molecule is COC(=O)N1CCN(c2ccc(-c3oc4c([C@H](C)Nc5ccccc5C(=O)O)cc(C)cc4c(=O)c3C)cn2)CC1. The molecule has 0 spiro atoms. The number of benzene rings is 2. The van der Waals surface area contributed by atoms with Crippen molar-refractivity contribution in [2.75, 3.05) is 43.5 Å². The Morgan fingerprint density at radius 1 is 1.07 bits per heavy atom. The second-order valence-electron chi connectivity index (χ2n) is 10.2. The third kappa shape index (κ3) is 5.45. The number of rotatable bonds is 6. The smallest absolute Gasteiger partial charge is 0.409 e. The van der Waals surface area contributed by atoms with Gasteiger partial charge < -0.3 is 29.4 Å². The van der Waals surface area contributed by atoms with Crippen LogP contribution in [0.4, 0.5) is 16.3 Å². The van der Waals surface area contributed by atoms with Crippen LogP contribution >= 0.6 is 0 Å². The first kappa shape index (κ1) is 27.7. The zero-order valence-electron chi connectivity index (χ0n) is 23.4. The molecule has 41 heavy (non-hydrogen) atoms. The maximum atomic E-state index is 13.5. The highest BCUT2D eigenvalue weighted by Crippen LogP contribution is 2.33. The first-order chi connectivity index (χ1) is 19.7. The van der Waals surface area contributed by atoms with Gasteiger partial charge in [-0.3, -0.25) is 4.79 Å². The molecule has 2 aromatic heterocycles. The van der Waals surface area contributed by atoms with Crippen molar-refractivity contribution in [1.82, 2.24) is 9.88 Å². The number of hydrogen-bond acceptors (Lipinski definition) is 8. The van der Waals surface area contributed by atoms with Crippen LogP contribution in [0.15, 0.2) is 63.9 Å². The van der Waals surface area contributed by atoms with E-state index in [4.69, 9.17) is 9.15 Å². The number of para-hydroxylation sites is 1. The lowest BCUT2D eigenvalue weighted by Crippen LogP contribution is -2.49. The highest BCUT2D eigenvalue weighted by Gasteiger charge is 2.23. The van der Waals surface area contributed by atoms with E-state index >= 15 is 0 Å². The maximum absolute atomic E-state index is 13.5. The molecule has 2 aromatic carbocycles. The van der Waals surface area contributed by atoms with E-state index in [1.165, 1.54) is 7.11 Å². The van der Waals surface area contributed by atoms with Gasteiger partial charge in [0.25, 0.3) is 0 Å². The number of aromatic carboxylic acids is 1. The van der Waals surface area contributed by atoms with Gasteiger partial charge in [-0.1, -0.05) is 18.2 Å². The van der Waals surface area contributed by atoms with Crippen LogP contribution in [0.25, 0.3) is 22.3 Å². The van der Waals surface area contributed by atoms with Gasteiger partial charge in [0, 0.05) is 54.8 Å². The standard InChI is InChI=1S/C31H32N4O6/c1-18-15-23(20(3)33-25-8-6-5-7-22(25)30(37)38)29-24(16-18)27(36)19(2)28(41-29)21-9-10-26(32-17-21)34-11-13-35(14-12-34)31(39)40-4/h5-10,15-17,20,33H,11-14H2,1-4H3,(H,37,38)/t20-/m0/s1. The number of hydrogen-bond donors (Lipinski definition) is 2. The van der Waals surface area contributed by atoms with E-state index in [1.807, 2.05) is 38.1 Å². The van der Waals surface area contributed by atoms with Gasteiger partial charge in [-0.05, 0) is 56.7 Å². The first-order valence-corrected chi connectivity index (χ1v) is 13.4. The number of amides is 1. The number of carbonyl (C=O) groups is 2. The Balaban J connectivity index is 1.48. The van der Waals surface area contributed by atoms with E-state index in [-0.39, 0.29) is 23.1 Å².